The first-order chi connectivity index (χ1) is 7.93. The molecule has 0 atom stereocenters. The van der Waals surface area contributed by atoms with E-state index >= 15 is 0 Å². The Bertz CT molecular complexity index is 418. The van der Waals surface area contributed by atoms with Crippen molar-refractivity contribution in [2.45, 2.75) is 47.5 Å². The highest BCUT2D eigenvalue weighted by Crippen LogP contribution is 2.38. The van der Waals surface area contributed by atoms with E-state index in [0.717, 1.165) is 28.7 Å². The maximum atomic E-state index is 11.3. The molecule has 3 heteroatoms. The van der Waals surface area contributed by atoms with Crippen LogP contribution in [0.2, 0.25) is 0 Å². The quantitative estimate of drug-likeness (QED) is 0.647. The Kier molecular flexibility index (Phi) is 4.16. The van der Waals surface area contributed by atoms with E-state index in [4.69, 9.17) is 4.74 Å². The molecule has 0 spiro atoms. The fraction of sp³-hybridized carbons (Fsp3) is 0.500. The van der Waals surface area contributed by atoms with Gasteiger partial charge in [0, 0.05) is 6.42 Å². The Morgan fingerprint density at radius 3 is 2.18 bits per heavy atom. The molecule has 1 aromatic carbocycles. The van der Waals surface area contributed by atoms with Gasteiger partial charge in [-0.25, -0.2) is 0 Å². The molecule has 1 N–H and O–H groups in total. The van der Waals surface area contributed by atoms with Gasteiger partial charge in [0.25, 0.3) is 0 Å². The molecule has 0 unspecified atom stereocenters. The maximum Gasteiger partial charge on any atom is 0.311 e. The van der Waals surface area contributed by atoms with Crippen LogP contribution in [-0.4, -0.2) is 11.1 Å². The van der Waals surface area contributed by atoms with Crippen molar-refractivity contribution in [3.05, 3.63) is 22.3 Å². The van der Waals surface area contributed by atoms with Crippen LogP contribution in [0.1, 0.15) is 42.5 Å². The van der Waals surface area contributed by atoms with Crippen LogP contribution in [0, 0.1) is 20.8 Å². The predicted octanol–water partition coefficient (Wildman–Crippen LogP) is 3.20. The minimum absolute atomic E-state index is 0.0896. The number of aromatic hydroxyl groups is 1. The second-order valence-corrected chi connectivity index (χ2v) is 4.21. The van der Waals surface area contributed by atoms with Crippen LogP contribution in [0.15, 0.2) is 0 Å². The molecule has 17 heavy (non-hydrogen) atoms. The van der Waals surface area contributed by atoms with Gasteiger partial charge in [-0.05, 0) is 49.4 Å². The van der Waals surface area contributed by atoms with E-state index in [1.165, 1.54) is 0 Å². The molecule has 0 aliphatic carbocycles. The first-order valence-corrected chi connectivity index (χ1v) is 5.96. The lowest BCUT2D eigenvalue weighted by Gasteiger charge is -2.17. The van der Waals surface area contributed by atoms with Gasteiger partial charge in [0.05, 0.1) is 0 Å². The zero-order valence-electron chi connectivity index (χ0n) is 11.2. The normalized spacial score (nSPS) is 10.4. The molecular formula is C14H20O3. The third-order valence-electron chi connectivity index (χ3n) is 3.24. The number of rotatable bonds is 3. The van der Waals surface area contributed by atoms with E-state index < -0.39 is 0 Å². The third kappa shape index (κ3) is 2.43. The number of esters is 1. The summed E-state index contributed by atoms with van der Waals surface area (Å²) in [5.74, 6) is 0.0715. The molecule has 0 aliphatic rings. The number of carbonyl (C=O) groups is 1. The van der Waals surface area contributed by atoms with Crippen LogP contribution in [0.3, 0.4) is 0 Å². The highest BCUT2D eigenvalue weighted by atomic mass is 16.5. The van der Waals surface area contributed by atoms with Crippen LogP contribution in [0.4, 0.5) is 0 Å². The van der Waals surface area contributed by atoms with Crippen molar-refractivity contribution in [2.75, 3.05) is 0 Å². The molecule has 0 saturated carbocycles. The topological polar surface area (TPSA) is 46.5 Å². The first-order valence-electron chi connectivity index (χ1n) is 5.96. The van der Waals surface area contributed by atoms with Gasteiger partial charge in [0.2, 0.25) is 0 Å². The van der Waals surface area contributed by atoms with E-state index in [1.54, 1.807) is 6.92 Å². The Morgan fingerprint density at radius 2 is 1.71 bits per heavy atom. The number of hydrogen-bond acceptors (Lipinski definition) is 3. The summed E-state index contributed by atoms with van der Waals surface area (Å²) in [6.07, 6.45) is 1.15. The van der Waals surface area contributed by atoms with Crippen molar-refractivity contribution >= 4 is 5.97 Å². The van der Waals surface area contributed by atoms with Crippen molar-refractivity contribution in [3.63, 3.8) is 0 Å². The zero-order valence-corrected chi connectivity index (χ0v) is 11.2. The standard InChI is InChI=1S/C14H20O3/c1-6-11-8(3)9(4)14(13(16)10(11)5)17-12(15)7-2/h16H,6-7H2,1-5H3. The van der Waals surface area contributed by atoms with Crippen LogP contribution < -0.4 is 4.74 Å². The number of phenols is 1. The molecule has 0 bridgehead atoms. The second-order valence-electron chi connectivity index (χ2n) is 4.21. The number of benzene rings is 1. The summed E-state index contributed by atoms with van der Waals surface area (Å²) in [6.45, 7) is 9.49. The first kappa shape index (κ1) is 13.6. The van der Waals surface area contributed by atoms with Gasteiger partial charge in [-0.15, -0.1) is 0 Å². The van der Waals surface area contributed by atoms with Crippen molar-refractivity contribution < 1.29 is 14.6 Å². The summed E-state index contributed by atoms with van der Waals surface area (Å²) in [6, 6.07) is 0. The van der Waals surface area contributed by atoms with Gasteiger partial charge in [-0.2, -0.15) is 0 Å². The fourth-order valence-electron chi connectivity index (χ4n) is 2.01. The van der Waals surface area contributed by atoms with Gasteiger partial charge in [-0.3, -0.25) is 4.79 Å². The Balaban J connectivity index is 3.37. The molecule has 1 rings (SSSR count). The molecule has 0 aliphatic heterocycles. The van der Waals surface area contributed by atoms with E-state index in [-0.39, 0.29) is 11.7 Å². The monoisotopic (exact) mass is 236 g/mol. The molecule has 0 fully saturated rings. The highest BCUT2D eigenvalue weighted by Gasteiger charge is 2.18. The lowest BCUT2D eigenvalue weighted by Crippen LogP contribution is -2.09. The summed E-state index contributed by atoms with van der Waals surface area (Å²) >= 11 is 0. The van der Waals surface area contributed by atoms with E-state index in [2.05, 4.69) is 0 Å². The average molecular weight is 236 g/mol. The molecule has 3 nitrogen and oxygen atoms in total. The van der Waals surface area contributed by atoms with E-state index in [1.807, 2.05) is 27.7 Å². The van der Waals surface area contributed by atoms with E-state index in [9.17, 15) is 9.90 Å². The summed E-state index contributed by atoms with van der Waals surface area (Å²) in [5, 5.41) is 10.1. The lowest BCUT2D eigenvalue weighted by molar-refractivity contribution is -0.134. The number of carbonyl (C=O) groups excluding carboxylic acids is 1. The van der Waals surface area contributed by atoms with Gasteiger partial charge >= 0.3 is 5.97 Å². The predicted molar refractivity (Wildman–Crippen MR) is 67.6 cm³/mol. The molecule has 0 aromatic heterocycles. The Labute approximate surface area is 102 Å². The van der Waals surface area contributed by atoms with E-state index in [0.29, 0.717) is 12.2 Å². The Hall–Kier alpha value is -1.51. The van der Waals surface area contributed by atoms with Crippen molar-refractivity contribution in [3.8, 4) is 11.5 Å². The van der Waals surface area contributed by atoms with Crippen molar-refractivity contribution in [2.24, 2.45) is 0 Å². The Morgan fingerprint density at radius 1 is 1.12 bits per heavy atom. The highest BCUT2D eigenvalue weighted by molar-refractivity contribution is 5.74. The minimum atomic E-state index is -0.327. The summed E-state index contributed by atoms with van der Waals surface area (Å²) in [5.41, 5.74) is 3.85. The molecule has 0 amide bonds. The summed E-state index contributed by atoms with van der Waals surface area (Å²) < 4.78 is 5.20. The SMILES string of the molecule is CCC(=O)Oc1c(C)c(C)c(CC)c(C)c1O. The molecular weight excluding hydrogens is 216 g/mol. The summed E-state index contributed by atoms with van der Waals surface area (Å²) in [4.78, 5) is 11.3. The fourth-order valence-corrected chi connectivity index (χ4v) is 2.01. The molecule has 0 saturated heterocycles. The maximum absolute atomic E-state index is 11.3. The smallest absolute Gasteiger partial charge is 0.311 e. The van der Waals surface area contributed by atoms with Gasteiger partial charge in [-0.1, -0.05) is 13.8 Å². The van der Waals surface area contributed by atoms with Gasteiger partial charge < -0.3 is 9.84 Å². The van der Waals surface area contributed by atoms with Gasteiger partial charge in [0.1, 0.15) is 0 Å². The lowest BCUT2D eigenvalue weighted by atomic mass is 9.94. The number of ether oxygens (including phenoxy) is 1. The summed E-state index contributed by atoms with van der Waals surface area (Å²) in [7, 11) is 0. The van der Waals surface area contributed by atoms with Crippen LogP contribution in [-0.2, 0) is 11.2 Å². The molecule has 1 aromatic rings. The molecule has 0 radical (unpaired) electrons. The van der Waals surface area contributed by atoms with Crippen LogP contribution in [0.5, 0.6) is 11.5 Å². The zero-order chi connectivity index (χ0) is 13.2. The number of hydrogen-bond donors (Lipinski definition) is 1. The van der Waals surface area contributed by atoms with Crippen LogP contribution in [0.25, 0.3) is 0 Å². The second kappa shape index (κ2) is 5.21. The third-order valence-corrected chi connectivity index (χ3v) is 3.24. The van der Waals surface area contributed by atoms with Gasteiger partial charge in [0.15, 0.2) is 11.5 Å². The minimum Gasteiger partial charge on any atom is -0.504 e. The average Bonchev–Trinajstić information content (AvgIpc) is 2.32. The molecule has 94 valence electrons. The largest absolute Gasteiger partial charge is 0.504 e. The van der Waals surface area contributed by atoms with Crippen molar-refractivity contribution in [1.82, 2.24) is 0 Å². The molecule has 0 heterocycles. The number of phenolic OH excluding ortho intramolecular Hbond substituents is 1. The van der Waals surface area contributed by atoms with Crippen LogP contribution >= 0.6 is 0 Å². The van der Waals surface area contributed by atoms with Crippen molar-refractivity contribution in [1.29, 1.82) is 0 Å².